The molecule has 0 spiro atoms. The predicted octanol–water partition coefficient (Wildman–Crippen LogP) is 4.77. The van der Waals surface area contributed by atoms with E-state index in [-0.39, 0.29) is 0 Å². The lowest BCUT2D eigenvalue weighted by Crippen LogP contribution is -2.02. The molecule has 0 aliphatic carbocycles. The molecule has 0 amide bonds. The molecule has 1 aromatic heterocycles. The summed E-state index contributed by atoms with van der Waals surface area (Å²) in [5, 5.41) is 1.80. The predicted molar refractivity (Wildman–Crippen MR) is 77.9 cm³/mol. The third-order valence-corrected chi connectivity index (χ3v) is 3.41. The Balaban J connectivity index is 2.30. The first-order valence-electron chi connectivity index (χ1n) is 5.63. The second-order valence-corrected chi connectivity index (χ2v) is 4.95. The third-order valence-electron chi connectivity index (χ3n) is 2.86. The van der Waals surface area contributed by atoms with Gasteiger partial charge >= 0.3 is 5.63 Å². The Morgan fingerprint density at radius 3 is 2.47 bits per heavy atom. The minimum Gasteiger partial charge on any atom is -0.422 e. The SMILES string of the molecule is O=c1oc2ccccc2cc1-c1ccc(Cl)cc1Cl. The minimum atomic E-state index is -0.414. The standard InChI is InChI=1S/C15H8Cl2O2/c16-10-5-6-11(13(17)8-10)12-7-9-3-1-2-4-14(9)19-15(12)18/h1-8H. The molecule has 0 unspecified atom stereocenters. The van der Waals surface area contributed by atoms with Crippen molar-refractivity contribution in [3.05, 3.63) is 69.0 Å². The van der Waals surface area contributed by atoms with Gasteiger partial charge in [0.1, 0.15) is 5.58 Å². The first kappa shape index (κ1) is 12.3. The Labute approximate surface area is 119 Å². The topological polar surface area (TPSA) is 30.2 Å². The van der Waals surface area contributed by atoms with E-state index in [1.807, 2.05) is 18.2 Å². The molecule has 0 aliphatic heterocycles. The summed E-state index contributed by atoms with van der Waals surface area (Å²) in [6, 6.07) is 14.1. The van der Waals surface area contributed by atoms with Crippen molar-refractivity contribution >= 4 is 34.2 Å². The van der Waals surface area contributed by atoms with Gasteiger partial charge < -0.3 is 4.42 Å². The fourth-order valence-corrected chi connectivity index (χ4v) is 2.47. The first-order valence-corrected chi connectivity index (χ1v) is 6.39. The molecule has 3 aromatic rings. The average Bonchev–Trinajstić information content (AvgIpc) is 2.38. The van der Waals surface area contributed by atoms with Crippen LogP contribution < -0.4 is 5.63 Å². The lowest BCUT2D eigenvalue weighted by Gasteiger charge is -2.05. The van der Waals surface area contributed by atoms with Crippen molar-refractivity contribution in [1.82, 2.24) is 0 Å². The van der Waals surface area contributed by atoms with Crippen LogP contribution in [0.25, 0.3) is 22.1 Å². The first-order chi connectivity index (χ1) is 9.15. The van der Waals surface area contributed by atoms with Crippen LogP contribution in [0.4, 0.5) is 0 Å². The van der Waals surface area contributed by atoms with Crippen molar-refractivity contribution in [2.75, 3.05) is 0 Å². The van der Waals surface area contributed by atoms with E-state index in [9.17, 15) is 4.79 Å². The molecular weight excluding hydrogens is 283 g/mol. The van der Waals surface area contributed by atoms with Crippen molar-refractivity contribution in [1.29, 1.82) is 0 Å². The molecule has 0 saturated carbocycles. The second-order valence-electron chi connectivity index (χ2n) is 4.11. The molecule has 0 bridgehead atoms. The maximum absolute atomic E-state index is 12.0. The number of halogens is 2. The molecule has 2 nitrogen and oxygen atoms in total. The van der Waals surface area contributed by atoms with E-state index in [0.29, 0.717) is 26.8 Å². The molecule has 0 N–H and O–H groups in total. The zero-order chi connectivity index (χ0) is 13.4. The smallest absolute Gasteiger partial charge is 0.344 e. The van der Waals surface area contributed by atoms with E-state index in [2.05, 4.69) is 0 Å². The number of fused-ring (bicyclic) bond motifs is 1. The van der Waals surface area contributed by atoms with Crippen molar-refractivity contribution in [3.63, 3.8) is 0 Å². The van der Waals surface area contributed by atoms with Crippen molar-refractivity contribution in [2.45, 2.75) is 0 Å². The fraction of sp³-hybridized carbons (Fsp3) is 0. The van der Waals surface area contributed by atoms with Crippen LogP contribution in [0.3, 0.4) is 0 Å². The minimum absolute atomic E-state index is 0.414. The van der Waals surface area contributed by atoms with Crippen LogP contribution in [0, 0.1) is 0 Å². The number of hydrogen-bond donors (Lipinski definition) is 0. The average molecular weight is 291 g/mol. The Kier molecular flexibility index (Phi) is 3.05. The van der Waals surface area contributed by atoms with Gasteiger partial charge in [-0.2, -0.15) is 0 Å². The normalized spacial score (nSPS) is 10.8. The quantitative estimate of drug-likeness (QED) is 0.605. The van der Waals surface area contributed by atoms with E-state index in [4.69, 9.17) is 27.6 Å². The molecule has 0 atom stereocenters. The molecule has 3 rings (SSSR count). The Bertz CT molecular complexity index is 822. The molecule has 4 heteroatoms. The van der Waals surface area contributed by atoms with Crippen LogP contribution in [-0.2, 0) is 0 Å². The maximum atomic E-state index is 12.0. The summed E-state index contributed by atoms with van der Waals surface area (Å²) in [5.41, 5.74) is 1.19. The van der Waals surface area contributed by atoms with Gasteiger partial charge in [-0.1, -0.05) is 47.5 Å². The van der Waals surface area contributed by atoms with Gasteiger partial charge in [0.2, 0.25) is 0 Å². The van der Waals surface area contributed by atoms with E-state index < -0.39 is 5.63 Å². The van der Waals surface area contributed by atoms with Gasteiger partial charge in [0.05, 0.1) is 10.6 Å². The van der Waals surface area contributed by atoms with Crippen LogP contribution >= 0.6 is 23.2 Å². The van der Waals surface area contributed by atoms with Crippen molar-refractivity contribution in [2.24, 2.45) is 0 Å². The lowest BCUT2D eigenvalue weighted by atomic mass is 10.1. The molecule has 94 valence electrons. The van der Waals surface area contributed by atoms with E-state index in [0.717, 1.165) is 5.39 Å². The molecule has 19 heavy (non-hydrogen) atoms. The Morgan fingerprint density at radius 2 is 1.68 bits per heavy atom. The van der Waals surface area contributed by atoms with E-state index >= 15 is 0 Å². The molecule has 0 aliphatic rings. The van der Waals surface area contributed by atoms with Gasteiger partial charge in [0.15, 0.2) is 0 Å². The molecule has 0 radical (unpaired) electrons. The Hall–Kier alpha value is -1.77. The lowest BCUT2D eigenvalue weighted by molar-refractivity contribution is 0.563. The second kappa shape index (κ2) is 4.72. The van der Waals surface area contributed by atoms with Gasteiger partial charge in [0, 0.05) is 16.0 Å². The molecule has 2 aromatic carbocycles. The molecule has 1 heterocycles. The summed E-state index contributed by atoms with van der Waals surface area (Å²) in [7, 11) is 0. The summed E-state index contributed by atoms with van der Waals surface area (Å²) in [4.78, 5) is 12.0. The van der Waals surface area contributed by atoms with Crippen LogP contribution in [0.2, 0.25) is 10.0 Å². The summed E-state index contributed by atoms with van der Waals surface area (Å²) < 4.78 is 5.29. The monoisotopic (exact) mass is 290 g/mol. The van der Waals surface area contributed by atoms with E-state index in [1.165, 1.54) is 0 Å². The zero-order valence-corrected chi connectivity index (χ0v) is 11.2. The van der Waals surface area contributed by atoms with Crippen molar-refractivity contribution < 1.29 is 4.42 Å². The summed E-state index contributed by atoms with van der Waals surface area (Å²) in [5.74, 6) is 0. The third kappa shape index (κ3) is 2.25. The number of rotatable bonds is 1. The van der Waals surface area contributed by atoms with Crippen LogP contribution in [0.5, 0.6) is 0 Å². The van der Waals surface area contributed by atoms with Gasteiger partial charge in [0.25, 0.3) is 0 Å². The highest BCUT2D eigenvalue weighted by Crippen LogP contribution is 2.29. The highest BCUT2D eigenvalue weighted by Gasteiger charge is 2.11. The fourth-order valence-electron chi connectivity index (χ4n) is 1.96. The van der Waals surface area contributed by atoms with Gasteiger partial charge in [-0.05, 0) is 24.3 Å². The summed E-state index contributed by atoms with van der Waals surface area (Å²) >= 11 is 12.0. The number of para-hydroxylation sites is 1. The van der Waals surface area contributed by atoms with E-state index in [1.54, 1.807) is 30.3 Å². The maximum Gasteiger partial charge on any atom is 0.344 e. The van der Waals surface area contributed by atoms with Crippen LogP contribution in [0.1, 0.15) is 0 Å². The van der Waals surface area contributed by atoms with Crippen LogP contribution in [-0.4, -0.2) is 0 Å². The Morgan fingerprint density at radius 1 is 0.895 bits per heavy atom. The molecular formula is C15H8Cl2O2. The highest BCUT2D eigenvalue weighted by molar-refractivity contribution is 6.36. The molecule has 0 fully saturated rings. The van der Waals surface area contributed by atoms with Crippen molar-refractivity contribution in [3.8, 4) is 11.1 Å². The summed E-state index contributed by atoms with van der Waals surface area (Å²) in [6.45, 7) is 0. The number of hydrogen-bond acceptors (Lipinski definition) is 2. The number of benzene rings is 2. The molecule has 0 saturated heterocycles. The van der Waals surface area contributed by atoms with Crippen LogP contribution in [0.15, 0.2) is 57.7 Å². The zero-order valence-electron chi connectivity index (χ0n) is 9.69. The summed E-state index contributed by atoms with van der Waals surface area (Å²) in [6.07, 6.45) is 0. The van der Waals surface area contributed by atoms with Gasteiger partial charge in [-0.25, -0.2) is 4.79 Å². The van der Waals surface area contributed by atoms with Gasteiger partial charge in [-0.3, -0.25) is 0 Å². The largest absolute Gasteiger partial charge is 0.422 e. The van der Waals surface area contributed by atoms with Gasteiger partial charge in [-0.15, -0.1) is 0 Å². The highest BCUT2D eigenvalue weighted by atomic mass is 35.5.